The highest BCUT2D eigenvalue weighted by Crippen LogP contribution is 2.15. The predicted molar refractivity (Wildman–Crippen MR) is 168 cm³/mol. The number of hydrogen-bond donors (Lipinski definition) is 3. The quantitative estimate of drug-likeness (QED) is 0.158. The Labute approximate surface area is 256 Å². The third-order valence-electron chi connectivity index (χ3n) is 6.91. The molecule has 0 spiro atoms. The maximum absolute atomic E-state index is 13.4. The van der Waals surface area contributed by atoms with E-state index in [1.165, 1.54) is 23.7 Å². The number of aromatic nitrogens is 2. The molecule has 10 heteroatoms. The van der Waals surface area contributed by atoms with Crippen molar-refractivity contribution in [2.75, 3.05) is 13.6 Å². The second-order valence-electron chi connectivity index (χ2n) is 10.7. The van der Waals surface area contributed by atoms with Gasteiger partial charge in [-0.05, 0) is 55.7 Å². The molecule has 0 aliphatic carbocycles. The van der Waals surface area contributed by atoms with Gasteiger partial charge in [0.2, 0.25) is 0 Å². The Bertz CT molecular complexity index is 1570. The number of thiazole rings is 1. The van der Waals surface area contributed by atoms with Crippen LogP contribution in [0, 0.1) is 12.1 Å². The normalized spacial score (nSPS) is 12.4. The number of carbonyl (C=O) groups excluding carboxylic acids is 2. The number of allylic oxidation sites excluding steroid dienone is 1. The van der Waals surface area contributed by atoms with Crippen molar-refractivity contribution in [1.82, 2.24) is 20.5 Å². The van der Waals surface area contributed by atoms with E-state index in [0.717, 1.165) is 37.7 Å². The summed E-state index contributed by atoms with van der Waals surface area (Å²) >= 11 is 1.50. The van der Waals surface area contributed by atoms with Crippen molar-refractivity contribution in [2.24, 2.45) is 0 Å². The van der Waals surface area contributed by atoms with Gasteiger partial charge in [0.25, 0.3) is 11.8 Å². The highest BCUT2D eigenvalue weighted by Gasteiger charge is 2.23. The first-order valence-electron chi connectivity index (χ1n) is 14.0. The second-order valence-corrected chi connectivity index (χ2v) is 11.6. The van der Waals surface area contributed by atoms with Crippen molar-refractivity contribution in [1.29, 1.82) is 0 Å². The van der Waals surface area contributed by atoms with Gasteiger partial charge in [-0.25, -0.2) is 4.98 Å². The molecule has 0 bridgehead atoms. The smallest absolute Gasteiger partial charge is 0.253 e. The van der Waals surface area contributed by atoms with Crippen LogP contribution in [0.5, 0.6) is 0 Å². The molecule has 2 aromatic carbocycles. The van der Waals surface area contributed by atoms with Crippen molar-refractivity contribution in [3.05, 3.63) is 129 Å². The number of aryl methyl sites for hydroxylation is 1. The number of pyridine rings is 1. The van der Waals surface area contributed by atoms with Crippen LogP contribution in [0.3, 0.4) is 0 Å². The molecule has 2 unspecified atom stereocenters. The van der Waals surface area contributed by atoms with E-state index >= 15 is 0 Å². The van der Waals surface area contributed by atoms with Crippen LogP contribution in [-0.2, 0) is 19.5 Å². The fourth-order valence-corrected chi connectivity index (χ4v) is 5.44. The molecule has 3 N–H and O–H groups in total. The zero-order valence-corrected chi connectivity index (χ0v) is 25.4. The Kier molecular flexibility index (Phi) is 10.8. The predicted octanol–water partition coefficient (Wildman–Crippen LogP) is 3.88. The molecule has 224 valence electrons. The van der Waals surface area contributed by atoms with Crippen molar-refractivity contribution in [3.8, 4) is 0 Å². The number of amides is 2. The number of aliphatic hydroxyl groups excluding tert-OH is 1. The lowest BCUT2D eigenvalue weighted by Crippen LogP contribution is -2.48. The van der Waals surface area contributed by atoms with Gasteiger partial charge in [-0.15, -0.1) is 11.3 Å². The van der Waals surface area contributed by atoms with Crippen LogP contribution < -0.4 is 15.4 Å². The van der Waals surface area contributed by atoms with E-state index in [1.54, 1.807) is 36.2 Å². The number of rotatable bonds is 13. The lowest BCUT2D eigenvalue weighted by Gasteiger charge is -2.25. The minimum absolute atomic E-state index is 0.174. The third kappa shape index (κ3) is 9.05. The van der Waals surface area contributed by atoms with Gasteiger partial charge in [0.05, 0.1) is 18.7 Å². The number of aliphatic hydroxyl groups is 1. The lowest BCUT2D eigenvalue weighted by molar-refractivity contribution is -0.606. The maximum Gasteiger partial charge on any atom is 0.253 e. The van der Waals surface area contributed by atoms with Crippen LogP contribution in [0.15, 0.2) is 85.0 Å². The molecule has 4 aromatic rings. The molecule has 0 fully saturated rings. The highest BCUT2D eigenvalue weighted by atomic mass is 32.1. The minimum atomic E-state index is -0.939. The first-order valence-corrected chi connectivity index (χ1v) is 14.9. The van der Waals surface area contributed by atoms with Gasteiger partial charge < -0.3 is 25.8 Å². The fourth-order valence-electron chi connectivity index (χ4n) is 4.62. The van der Waals surface area contributed by atoms with Crippen LogP contribution in [0.4, 0.5) is 0 Å². The van der Waals surface area contributed by atoms with Crippen molar-refractivity contribution >= 4 is 28.7 Å². The van der Waals surface area contributed by atoms with E-state index in [9.17, 15) is 19.9 Å². The minimum Gasteiger partial charge on any atom is -0.619 e. The summed E-state index contributed by atoms with van der Waals surface area (Å²) in [5.41, 5.74) is 4.85. The summed E-state index contributed by atoms with van der Waals surface area (Å²) in [6.45, 7) is 8.54. The third-order valence-corrected chi connectivity index (χ3v) is 7.86. The van der Waals surface area contributed by atoms with Gasteiger partial charge in [0, 0.05) is 53.5 Å². The molecule has 4 rings (SSSR count). The standard InChI is InChI=1S/C33H37N5O4S/c1-22(2)28-13-25(18-38(42)19-28)16-34-17-30(39)29(14-24-9-6-5-7-10-24)36-32(40)26-11-8-12-27(15-26)33(41)37(4)20-31-35-23(3)21-43-31/h5-13,15,18-19,21,29-30,34,39H,1,14,16-17,20H2,2-4H3,(H,36,40). The molecular formula is C33H37N5O4S. The molecule has 2 aromatic heterocycles. The van der Waals surface area contributed by atoms with E-state index in [4.69, 9.17) is 0 Å². The molecule has 2 atom stereocenters. The fraction of sp³-hybridized carbons (Fsp3) is 0.273. The van der Waals surface area contributed by atoms with Crippen LogP contribution in [0.2, 0.25) is 0 Å². The summed E-state index contributed by atoms with van der Waals surface area (Å²) in [6.07, 6.45) is 2.40. The summed E-state index contributed by atoms with van der Waals surface area (Å²) < 4.78 is 0.743. The average molecular weight is 600 g/mol. The number of carbonyl (C=O) groups is 2. The first kappa shape index (κ1) is 31.6. The second kappa shape index (κ2) is 14.7. The monoisotopic (exact) mass is 599 g/mol. The maximum atomic E-state index is 13.4. The van der Waals surface area contributed by atoms with Gasteiger partial charge in [-0.3, -0.25) is 9.59 Å². The zero-order chi connectivity index (χ0) is 30.9. The van der Waals surface area contributed by atoms with Crippen LogP contribution in [0.25, 0.3) is 5.57 Å². The van der Waals surface area contributed by atoms with E-state index in [-0.39, 0.29) is 12.5 Å². The highest BCUT2D eigenvalue weighted by molar-refractivity contribution is 7.09. The lowest BCUT2D eigenvalue weighted by atomic mass is 10.00. The molecule has 0 aliphatic rings. The van der Waals surface area contributed by atoms with Crippen LogP contribution in [0.1, 0.15) is 55.0 Å². The Hall–Kier alpha value is -4.38. The van der Waals surface area contributed by atoms with Gasteiger partial charge in [0.1, 0.15) is 5.01 Å². The van der Waals surface area contributed by atoms with Gasteiger partial charge in [-0.1, -0.05) is 43.0 Å². The van der Waals surface area contributed by atoms with E-state index in [1.807, 2.05) is 55.6 Å². The molecule has 0 saturated carbocycles. The molecule has 43 heavy (non-hydrogen) atoms. The summed E-state index contributed by atoms with van der Waals surface area (Å²) in [7, 11) is 1.70. The van der Waals surface area contributed by atoms with Crippen molar-refractivity contribution < 1.29 is 19.4 Å². The topological polar surface area (TPSA) is 122 Å². The summed E-state index contributed by atoms with van der Waals surface area (Å²) in [5, 5.41) is 32.1. The van der Waals surface area contributed by atoms with E-state index in [2.05, 4.69) is 22.2 Å². The van der Waals surface area contributed by atoms with Gasteiger partial charge >= 0.3 is 0 Å². The van der Waals surface area contributed by atoms with E-state index in [0.29, 0.717) is 30.6 Å². The summed E-state index contributed by atoms with van der Waals surface area (Å²) in [6, 6.07) is 17.4. The molecule has 2 amide bonds. The Morgan fingerprint density at radius 2 is 1.81 bits per heavy atom. The van der Waals surface area contributed by atoms with Gasteiger partial charge in [-0.2, -0.15) is 4.73 Å². The Balaban J connectivity index is 1.43. The number of nitrogens with one attached hydrogen (secondary N) is 2. The van der Waals surface area contributed by atoms with Crippen molar-refractivity contribution in [3.63, 3.8) is 0 Å². The van der Waals surface area contributed by atoms with E-state index < -0.39 is 18.1 Å². The zero-order valence-electron chi connectivity index (χ0n) is 24.6. The summed E-state index contributed by atoms with van der Waals surface area (Å²) in [5.74, 6) is -0.614. The van der Waals surface area contributed by atoms with Gasteiger partial charge in [0.15, 0.2) is 12.4 Å². The van der Waals surface area contributed by atoms with Crippen molar-refractivity contribution in [2.45, 2.75) is 45.5 Å². The number of benzene rings is 2. The number of nitrogens with zero attached hydrogens (tertiary/aromatic N) is 3. The molecule has 0 aliphatic heterocycles. The first-order chi connectivity index (χ1) is 20.6. The largest absolute Gasteiger partial charge is 0.619 e. The molecule has 0 radical (unpaired) electrons. The molecule has 9 nitrogen and oxygen atoms in total. The average Bonchev–Trinajstić information content (AvgIpc) is 3.40. The molecule has 0 saturated heterocycles. The Morgan fingerprint density at radius 3 is 2.51 bits per heavy atom. The van der Waals surface area contributed by atoms with Crippen LogP contribution in [-0.4, -0.2) is 52.5 Å². The molecule has 2 heterocycles. The SMILES string of the molecule is C=C(C)c1cc(CNCC(O)C(Cc2ccccc2)NC(=O)c2cccc(C(=O)N(C)Cc3nc(C)cs3)c2)c[n+]([O-])c1. The van der Waals surface area contributed by atoms with Crippen LogP contribution >= 0.6 is 11.3 Å². The Morgan fingerprint density at radius 1 is 1.07 bits per heavy atom. The number of hydrogen-bond acceptors (Lipinski definition) is 7. The summed E-state index contributed by atoms with van der Waals surface area (Å²) in [4.78, 5) is 32.5. The molecular weight excluding hydrogens is 562 g/mol.